The predicted octanol–water partition coefficient (Wildman–Crippen LogP) is 4.71. The molecule has 2 unspecified atom stereocenters. The molecule has 1 fully saturated rings. The number of piperidine rings is 1. The van der Waals surface area contributed by atoms with Crippen molar-refractivity contribution >= 4 is 17.6 Å². The molecule has 2 aromatic carbocycles. The van der Waals surface area contributed by atoms with Crippen molar-refractivity contribution < 1.29 is 19.4 Å². The number of phenols is 1. The van der Waals surface area contributed by atoms with Crippen molar-refractivity contribution in [3.8, 4) is 5.75 Å². The van der Waals surface area contributed by atoms with E-state index in [1.165, 1.54) is 6.42 Å². The molecule has 6 heteroatoms. The van der Waals surface area contributed by atoms with Crippen LogP contribution in [0.1, 0.15) is 79.3 Å². The van der Waals surface area contributed by atoms with Crippen LogP contribution < -0.4 is 10.6 Å². The van der Waals surface area contributed by atoms with Crippen LogP contribution in [0.3, 0.4) is 0 Å². The van der Waals surface area contributed by atoms with Gasteiger partial charge in [0.2, 0.25) is 5.91 Å². The molecule has 1 aliphatic rings. The zero-order valence-corrected chi connectivity index (χ0v) is 19.0. The molecule has 2 atom stereocenters. The summed E-state index contributed by atoms with van der Waals surface area (Å²) in [7, 11) is 0. The normalized spacial score (nSPS) is 15.8. The Kier molecular flexibility index (Phi) is 8.14. The van der Waals surface area contributed by atoms with E-state index in [2.05, 4.69) is 11.8 Å². The number of benzene rings is 2. The van der Waals surface area contributed by atoms with Crippen molar-refractivity contribution in [3.05, 3.63) is 59.2 Å². The van der Waals surface area contributed by atoms with E-state index in [0.717, 1.165) is 55.6 Å². The van der Waals surface area contributed by atoms with Crippen molar-refractivity contribution in [2.45, 2.75) is 57.8 Å². The number of ether oxygens (including phenoxy) is 1. The van der Waals surface area contributed by atoms with Gasteiger partial charge in [-0.3, -0.25) is 4.79 Å². The van der Waals surface area contributed by atoms with Gasteiger partial charge < -0.3 is 20.5 Å². The van der Waals surface area contributed by atoms with Gasteiger partial charge in [-0.25, -0.2) is 4.79 Å². The van der Waals surface area contributed by atoms with Crippen LogP contribution in [-0.4, -0.2) is 36.7 Å². The number of anilines is 1. The highest BCUT2D eigenvalue weighted by Crippen LogP contribution is 2.42. The van der Waals surface area contributed by atoms with E-state index in [9.17, 15) is 14.7 Å². The van der Waals surface area contributed by atoms with Crippen LogP contribution in [-0.2, 0) is 9.53 Å². The first-order valence-corrected chi connectivity index (χ1v) is 11.6. The zero-order chi connectivity index (χ0) is 23.1. The largest absolute Gasteiger partial charge is 0.508 e. The Bertz CT molecular complexity index is 920. The minimum Gasteiger partial charge on any atom is -0.508 e. The summed E-state index contributed by atoms with van der Waals surface area (Å²) in [5, 5.41) is 10.2. The van der Waals surface area contributed by atoms with Gasteiger partial charge in [0.05, 0.1) is 18.1 Å². The summed E-state index contributed by atoms with van der Waals surface area (Å²) in [6.45, 7) is 6.04. The molecule has 0 aliphatic carbocycles. The highest BCUT2D eigenvalue weighted by molar-refractivity contribution is 5.90. The van der Waals surface area contributed by atoms with Gasteiger partial charge in [0.1, 0.15) is 5.75 Å². The quantitative estimate of drug-likeness (QED) is 0.553. The number of carbonyl (C=O) groups excluding carboxylic acids is 2. The second-order valence-corrected chi connectivity index (χ2v) is 8.41. The van der Waals surface area contributed by atoms with E-state index in [1.807, 2.05) is 12.1 Å². The SMILES string of the molecule is CCCC(c1ccc(O)cc1N1CCCCC1)C(C(N)=O)c1ccc(C(=O)OCC)cc1. The third-order valence-electron chi connectivity index (χ3n) is 6.20. The van der Waals surface area contributed by atoms with Crippen molar-refractivity contribution in [1.29, 1.82) is 0 Å². The molecule has 3 N–H and O–H groups in total. The number of amides is 1. The molecule has 0 saturated carbocycles. The summed E-state index contributed by atoms with van der Waals surface area (Å²) in [5.74, 6) is -1.24. The molecule has 172 valence electrons. The van der Waals surface area contributed by atoms with E-state index < -0.39 is 11.8 Å². The lowest BCUT2D eigenvalue weighted by atomic mass is 9.77. The summed E-state index contributed by atoms with van der Waals surface area (Å²) in [5.41, 5.74) is 9.19. The lowest BCUT2D eigenvalue weighted by Crippen LogP contribution is -2.32. The standard InChI is InChI=1S/C26H34N2O4/c1-3-8-22(21-14-13-20(29)17-23(21)28-15-6-5-7-16-28)24(25(27)30)18-9-11-19(12-10-18)26(31)32-4-2/h9-14,17,22,24,29H,3-8,15-16H2,1-2H3,(H2,27,30). The Labute approximate surface area is 190 Å². The fourth-order valence-corrected chi connectivity index (χ4v) is 4.70. The summed E-state index contributed by atoms with van der Waals surface area (Å²) in [6, 6.07) is 12.4. The van der Waals surface area contributed by atoms with Gasteiger partial charge in [0.15, 0.2) is 0 Å². The summed E-state index contributed by atoms with van der Waals surface area (Å²) in [6.07, 6.45) is 5.10. The van der Waals surface area contributed by atoms with Gasteiger partial charge in [0.25, 0.3) is 0 Å². The molecule has 1 heterocycles. The predicted molar refractivity (Wildman–Crippen MR) is 126 cm³/mol. The Morgan fingerprint density at radius 3 is 2.34 bits per heavy atom. The maximum absolute atomic E-state index is 12.7. The van der Waals surface area contributed by atoms with Crippen LogP contribution in [0.4, 0.5) is 5.69 Å². The van der Waals surface area contributed by atoms with Gasteiger partial charge in [-0.2, -0.15) is 0 Å². The number of carbonyl (C=O) groups is 2. The van der Waals surface area contributed by atoms with Crippen LogP contribution in [0, 0.1) is 0 Å². The van der Waals surface area contributed by atoms with Gasteiger partial charge in [0, 0.05) is 30.8 Å². The summed E-state index contributed by atoms with van der Waals surface area (Å²) in [4.78, 5) is 27.1. The van der Waals surface area contributed by atoms with Crippen molar-refractivity contribution in [3.63, 3.8) is 0 Å². The van der Waals surface area contributed by atoms with E-state index >= 15 is 0 Å². The number of rotatable bonds is 9. The molecule has 1 saturated heterocycles. The summed E-state index contributed by atoms with van der Waals surface area (Å²) >= 11 is 0. The van der Waals surface area contributed by atoms with Crippen molar-refractivity contribution in [1.82, 2.24) is 0 Å². The lowest BCUT2D eigenvalue weighted by molar-refractivity contribution is -0.120. The molecule has 1 amide bonds. The number of esters is 1. The van der Waals surface area contributed by atoms with Crippen LogP contribution in [0.2, 0.25) is 0 Å². The second-order valence-electron chi connectivity index (χ2n) is 8.41. The van der Waals surface area contributed by atoms with E-state index in [4.69, 9.17) is 10.5 Å². The maximum atomic E-state index is 12.7. The van der Waals surface area contributed by atoms with Crippen LogP contribution in [0.15, 0.2) is 42.5 Å². The Hall–Kier alpha value is -3.02. The molecular weight excluding hydrogens is 404 g/mol. The highest BCUT2D eigenvalue weighted by Gasteiger charge is 2.32. The molecule has 0 bridgehead atoms. The fraction of sp³-hybridized carbons (Fsp3) is 0.462. The third kappa shape index (κ3) is 5.42. The smallest absolute Gasteiger partial charge is 0.338 e. The Morgan fingerprint density at radius 1 is 1.06 bits per heavy atom. The number of primary amides is 1. The zero-order valence-electron chi connectivity index (χ0n) is 19.0. The van der Waals surface area contributed by atoms with Crippen LogP contribution in [0.5, 0.6) is 5.75 Å². The van der Waals surface area contributed by atoms with Gasteiger partial charge in [-0.15, -0.1) is 0 Å². The maximum Gasteiger partial charge on any atom is 0.338 e. The molecule has 3 rings (SSSR count). The topological polar surface area (TPSA) is 92.9 Å². The number of aromatic hydroxyl groups is 1. The molecule has 1 aliphatic heterocycles. The summed E-state index contributed by atoms with van der Waals surface area (Å²) < 4.78 is 5.07. The molecule has 0 spiro atoms. The Balaban J connectivity index is 2.02. The van der Waals surface area contributed by atoms with E-state index in [0.29, 0.717) is 12.2 Å². The first kappa shape index (κ1) is 23.6. The Morgan fingerprint density at radius 2 is 1.75 bits per heavy atom. The second kappa shape index (κ2) is 11.0. The van der Waals surface area contributed by atoms with E-state index in [-0.39, 0.29) is 17.6 Å². The van der Waals surface area contributed by atoms with Gasteiger partial charge in [-0.05, 0) is 61.9 Å². The van der Waals surface area contributed by atoms with Crippen molar-refractivity contribution in [2.24, 2.45) is 5.73 Å². The number of nitrogens with two attached hydrogens (primary N) is 1. The monoisotopic (exact) mass is 438 g/mol. The number of hydrogen-bond donors (Lipinski definition) is 2. The first-order chi connectivity index (χ1) is 15.5. The molecule has 6 nitrogen and oxygen atoms in total. The number of phenolic OH excluding ortho intramolecular Hbond substituents is 1. The van der Waals surface area contributed by atoms with Crippen molar-refractivity contribution in [2.75, 3.05) is 24.6 Å². The molecule has 32 heavy (non-hydrogen) atoms. The molecular formula is C26H34N2O4. The number of nitrogens with zero attached hydrogens (tertiary/aromatic N) is 1. The average Bonchev–Trinajstić information content (AvgIpc) is 2.80. The highest BCUT2D eigenvalue weighted by atomic mass is 16.5. The molecule has 0 radical (unpaired) electrons. The number of hydrogen-bond acceptors (Lipinski definition) is 5. The molecule has 0 aromatic heterocycles. The molecule has 2 aromatic rings. The van der Waals surface area contributed by atoms with Crippen LogP contribution >= 0.6 is 0 Å². The van der Waals surface area contributed by atoms with Crippen LogP contribution in [0.25, 0.3) is 0 Å². The minimum absolute atomic E-state index is 0.136. The average molecular weight is 439 g/mol. The minimum atomic E-state index is -0.542. The first-order valence-electron chi connectivity index (χ1n) is 11.6. The third-order valence-corrected chi connectivity index (χ3v) is 6.20. The van der Waals surface area contributed by atoms with Gasteiger partial charge in [-0.1, -0.05) is 31.5 Å². The fourth-order valence-electron chi connectivity index (χ4n) is 4.70. The lowest BCUT2D eigenvalue weighted by Gasteiger charge is -2.34. The van der Waals surface area contributed by atoms with Gasteiger partial charge >= 0.3 is 5.97 Å². The van der Waals surface area contributed by atoms with E-state index in [1.54, 1.807) is 37.3 Å².